The van der Waals surface area contributed by atoms with E-state index in [1.54, 1.807) is 42.6 Å². The number of nitrogens with one attached hydrogen (secondary N) is 2. The van der Waals surface area contributed by atoms with Gasteiger partial charge >= 0.3 is 5.97 Å². The number of anilines is 2. The minimum absolute atomic E-state index is 0.154. The van der Waals surface area contributed by atoms with E-state index in [1.807, 2.05) is 37.3 Å². The van der Waals surface area contributed by atoms with Crippen molar-refractivity contribution in [3.63, 3.8) is 0 Å². The average molecular weight is 385 g/mol. The average Bonchev–Trinajstić information content (AvgIpc) is 2.74. The molecule has 1 atom stereocenters. The Morgan fingerprint density at radius 2 is 1.86 bits per heavy atom. The molecule has 4 rings (SSSR count). The number of carboxylic acids is 1. The highest BCUT2D eigenvalue weighted by Crippen LogP contribution is 2.38. The zero-order valence-electron chi connectivity index (χ0n) is 15.7. The lowest BCUT2D eigenvalue weighted by atomic mass is 9.91. The number of carboxylic acid groups (broad SMARTS) is 1. The molecule has 3 N–H and O–H groups in total. The van der Waals surface area contributed by atoms with Gasteiger partial charge in [-0.05, 0) is 54.5 Å². The fourth-order valence-corrected chi connectivity index (χ4v) is 3.41. The third kappa shape index (κ3) is 3.73. The molecule has 1 aliphatic heterocycles. The summed E-state index contributed by atoms with van der Waals surface area (Å²) in [6, 6.07) is 17.6. The van der Waals surface area contributed by atoms with Gasteiger partial charge in [0.05, 0.1) is 11.6 Å². The molecular formula is C23H19N3O3. The van der Waals surface area contributed by atoms with E-state index < -0.39 is 5.97 Å². The highest BCUT2D eigenvalue weighted by Gasteiger charge is 2.23. The van der Waals surface area contributed by atoms with Crippen molar-refractivity contribution in [1.29, 1.82) is 0 Å². The summed E-state index contributed by atoms with van der Waals surface area (Å²) in [5, 5.41) is 15.6. The van der Waals surface area contributed by atoms with Crippen LogP contribution in [0.3, 0.4) is 0 Å². The highest BCUT2D eigenvalue weighted by atomic mass is 16.4. The molecule has 0 bridgehead atoms. The maximum atomic E-state index is 12.6. The van der Waals surface area contributed by atoms with Crippen LogP contribution in [0.4, 0.5) is 11.4 Å². The summed E-state index contributed by atoms with van der Waals surface area (Å²) in [6.45, 7) is 1.98. The van der Waals surface area contributed by atoms with E-state index in [2.05, 4.69) is 15.6 Å². The monoisotopic (exact) mass is 385 g/mol. The predicted molar refractivity (Wildman–Crippen MR) is 112 cm³/mol. The number of hydrogen-bond acceptors (Lipinski definition) is 4. The zero-order valence-corrected chi connectivity index (χ0v) is 15.7. The van der Waals surface area contributed by atoms with Gasteiger partial charge in [-0.1, -0.05) is 30.3 Å². The summed E-state index contributed by atoms with van der Waals surface area (Å²) < 4.78 is 0. The fraction of sp³-hybridized carbons (Fsp3) is 0.0870. The molecule has 6 heteroatoms. The molecule has 0 saturated heterocycles. The van der Waals surface area contributed by atoms with E-state index >= 15 is 0 Å². The first-order chi connectivity index (χ1) is 14.0. The number of benzene rings is 2. The second kappa shape index (κ2) is 7.59. The summed E-state index contributed by atoms with van der Waals surface area (Å²) in [5.41, 5.74) is 4.89. The van der Waals surface area contributed by atoms with E-state index in [1.165, 1.54) is 0 Å². The molecule has 1 aromatic heterocycles. The second-order valence-electron chi connectivity index (χ2n) is 6.83. The number of carbonyl (C=O) groups excluding carboxylic acids is 1. The summed E-state index contributed by atoms with van der Waals surface area (Å²) in [4.78, 5) is 27.9. The molecule has 2 heterocycles. The van der Waals surface area contributed by atoms with Crippen molar-refractivity contribution < 1.29 is 14.7 Å². The normalized spacial score (nSPS) is 14.9. The maximum Gasteiger partial charge on any atom is 0.335 e. The van der Waals surface area contributed by atoms with Gasteiger partial charge < -0.3 is 15.7 Å². The van der Waals surface area contributed by atoms with Crippen molar-refractivity contribution in [3.05, 3.63) is 94.8 Å². The Labute approximate surface area is 167 Å². The molecule has 0 aliphatic carbocycles. The van der Waals surface area contributed by atoms with Crippen LogP contribution in [0.5, 0.6) is 0 Å². The number of para-hydroxylation sites is 1. The number of fused-ring (bicyclic) bond motifs is 1. The molecule has 1 amide bonds. The van der Waals surface area contributed by atoms with Gasteiger partial charge in [-0.3, -0.25) is 9.78 Å². The van der Waals surface area contributed by atoms with Crippen molar-refractivity contribution in [2.24, 2.45) is 0 Å². The molecule has 29 heavy (non-hydrogen) atoms. The van der Waals surface area contributed by atoms with Gasteiger partial charge in [0.15, 0.2) is 0 Å². The topological polar surface area (TPSA) is 91.3 Å². The largest absolute Gasteiger partial charge is 0.478 e. The lowest BCUT2D eigenvalue weighted by Crippen LogP contribution is -2.20. The number of nitrogens with zero attached hydrogens (tertiary/aromatic N) is 1. The van der Waals surface area contributed by atoms with Gasteiger partial charge in [0, 0.05) is 23.1 Å². The van der Waals surface area contributed by atoms with Crippen LogP contribution in [0.15, 0.2) is 72.4 Å². The minimum atomic E-state index is -0.955. The second-order valence-corrected chi connectivity index (χ2v) is 6.83. The van der Waals surface area contributed by atoms with E-state index in [0.29, 0.717) is 11.4 Å². The summed E-state index contributed by atoms with van der Waals surface area (Å²) in [5.74, 6) is -1.23. The Morgan fingerprint density at radius 3 is 2.62 bits per heavy atom. The number of amides is 1. The van der Waals surface area contributed by atoms with E-state index in [9.17, 15) is 14.7 Å². The van der Waals surface area contributed by atoms with Crippen molar-refractivity contribution >= 4 is 29.3 Å². The smallest absolute Gasteiger partial charge is 0.335 e. The molecule has 144 valence electrons. The number of aromatic nitrogens is 1. The third-order valence-corrected chi connectivity index (χ3v) is 4.85. The SMILES string of the molecule is CC1=Cc2cc(C(=O)O)ccc2NC1c1ccccc1NC(=O)c1ccccn1. The molecule has 6 nitrogen and oxygen atoms in total. The number of hydrogen-bond donors (Lipinski definition) is 3. The lowest BCUT2D eigenvalue weighted by molar-refractivity contribution is 0.0696. The van der Waals surface area contributed by atoms with Crippen molar-refractivity contribution in [3.8, 4) is 0 Å². The van der Waals surface area contributed by atoms with Crippen LogP contribution in [0.2, 0.25) is 0 Å². The van der Waals surface area contributed by atoms with Crippen LogP contribution < -0.4 is 10.6 Å². The standard InChI is InChI=1S/C23H19N3O3/c1-14-12-16-13-15(23(28)29)9-10-18(16)25-21(14)17-6-2-3-7-19(17)26-22(27)20-8-4-5-11-24-20/h2-13,21,25H,1H3,(H,26,27)(H,28,29). The van der Waals surface area contributed by atoms with Gasteiger partial charge in [0.1, 0.15) is 5.69 Å². The number of aromatic carboxylic acids is 1. The van der Waals surface area contributed by atoms with Crippen LogP contribution in [-0.2, 0) is 0 Å². The van der Waals surface area contributed by atoms with E-state index in [-0.39, 0.29) is 17.5 Å². The molecule has 3 aromatic rings. The molecule has 0 spiro atoms. The summed E-state index contributed by atoms with van der Waals surface area (Å²) >= 11 is 0. The molecular weight excluding hydrogens is 366 g/mol. The Kier molecular flexibility index (Phi) is 4.83. The van der Waals surface area contributed by atoms with E-state index in [0.717, 1.165) is 22.4 Å². The summed E-state index contributed by atoms with van der Waals surface area (Å²) in [6.07, 6.45) is 3.55. The Balaban J connectivity index is 1.65. The third-order valence-electron chi connectivity index (χ3n) is 4.85. The first-order valence-corrected chi connectivity index (χ1v) is 9.16. The van der Waals surface area contributed by atoms with Crippen LogP contribution in [0.1, 0.15) is 44.9 Å². The molecule has 1 aliphatic rings. The van der Waals surface area contributed by atoms with Crippen LogP contribution in [-0.4, -0.2) is 22.0 Å². The van der Waals surface area contributed by atoms with E-state index in [4.69, 9.17) is 0 Å². The molecule has 0 saturated carbocycles. The Hall–Kier alpha value is -3.93. The van der Waals surface area contributed by atoms with Crippen molar-refractivity contribution in [2.75, 3.05) is 10.6 Å². The lowest BCUT2D eigenvalue weighted by Gasteiger charge is -2.28. The quantitative estimate of drug-likeness (QED) is 0.610. The van der Waals surface area contributed by atoms with Gasteiger partial charge in [-0.2, -0.15) is 0 Å². The van der Waals surface area contributed by atoms with Crippen LogP contribution >= 0.6 is 0 Å². The molecule has 2 aromatic carbocycles. The maximum absolute atomic E-state index is 12.6. The highest BCUT2D eigenvalue weighted by molar-refractivity contribution is 6.03. The molecule has 1 unspecified atom stereocenters. The summed E-state index contributed by atoms with van der Waals surface area (Å²) in [7, 11) is 0. The zero-order chi connectivity index (χ0) is 20.4. The van der Waals surface area contributed by atoms with Gasteiger partial charge in [-0.15, -0.1) is 0 Å². The van der Waals surface area contributed by atoms with Gasteiger partial charge in [-0.25, -0.2) is 4.79 Å². The van der Waals surface area contributed by atoms with Gasteiger partial charge in [0.25, 0.3) is 5.91 Å². The number of pyridine rings is 1. The molecule has 0 radical (unpaired) electrons. The number of carbonyl (C=O) groups is 2. The van der Waals surface area contributed by atoms with Crippen molar-refractivity contribution in [1.82, 2.24) is 4.98 Å². The van der Waals surface area contributed by atoms with Gasteiger partial charge in [0.2, 0.25) is 0 Å². The number of rotatable bonds is 4. The first kappa shape index (κ1) is 18.4. The Bertz CT molecular complexity index is 1120. The van der Waals surface area contributed by atoms with Crippen molar-refractivity contribution in [2.45, 2.75) is 13.0 Å². The predicted octanol–water partition coefficient (Wildman–Crippen LogP) is 4.60. The van der Waals surface area contributed by atoms with Crippen LogP contribution in [0.25, 0.3) is 6.08 Å². The minimum Gasteiger partial charge on any atom is -0.478 e. The first-order valence-electron chi connectivity index (χ1n) is 9.16. The fourth-order valence-electron chi connectivity index (χ4n) is 3.41. The molecule has 0 fully saturated rings. The van der Waals surface area contributed by atoms with Crippen LogP contribution in [0, 0.1) is 0 Å². The Morgan fingerprint density at radius 1 is 1.07 bits per heavy atom.